The number of thioether (sulfide) groups is 1. The van der Waals surface area contributed by atoms with Crippen LogP contribution < -0.4 is 20.1 Å². The quantitative estimate of drug-likeness (QED) is 0.232. The number of nitrogens with zero attached hydrogens (tertiary/aromatic N) is 2. The number of halogens is 1. The summed E-state index contributed by atoms with van der Waals surface area (Å²) in [5, 5.41) is 13.5. The normalized spacial score (nSPS) is 16.0. The van der Waals surface area contributed by atoms with Crippen molar-refractivity contribution >= 4 is 56.6 Å². The number of benzene rings is 3. The van der Waals surface area contributed by atoms with Gasteiger partial charge in [-0.3, -0.25) is 9.59 Å². The Morgan fingerprint density at radius 2 is 1.89 bits per heavy atom. The van der Waals surface area contributed by atoms with Crippen molar-refractivity contribution in [3.05, 3.63) is 87.9 Å². The zero-order valence-corrected chi connectivity index (χ0v) is 23.3. The van der Waals surface area contributed by atoms with Crippen molar-refractivity contribution in [2.45, 2.75) is 32.1 Å². The van der Waals surface area contributed by atoms with Gasteiger partial charge in [0, 0.05) is 12.1 Å². The van der Waals surface area contributed by atoms with Gasteiger partial charge >= 0.3 is 0 Å². The number of nitrogens with one attached hydrogen (secondary N) is 2. The number of aryl methyl sites for hydroxylation is 1. The van der Waals surface area contributed by atoms with Crippen molar-refractivity contribution in [3.63, 3.8) is 0 Å². The molecule has 0 bridgehead atoms. The Hall–Kier alpha value is -3.63. The molecule has 0 aliphatic carbocycles. The summed E-state index contributed by atoms with van der Waals surface area (Å²) in [7, 11) is 0. The van der Waals surface area contributed by atoms with Crippen LogP contribution in [0.4, 0.5) is 5.69 Å². The fraction of sp³-hybridized carbons (Fsp3) is 0.214. The number of amides is 2. The highest BCUT2D eigenvalue weighted by molar-refractivity contribution is 9.10. The third-order valence-electron chi connectivity index (χ3n) is 5.53. The Morgan fingerprint density at radius 3 is 2.66 bits per heavy atom. The van der Waals surface area contributed by atoms with Gasteiger partial charge in [0.05, 0.1) is 17.3 Å². The van der Waals surface area contributed by atoms with E-state index in [4.69, 9.17) is 9.47 Å². The molecule has 0 aromatic heterocycles. The van der Waals surface area contributed by atoms with E-state index in [1.807, 2.05) is 68.4 Å². The maximum absolute atomic E-state index is 12.3. The van der Waals surface area contributed by atoms with Crippen molar-refractivity contribution in [2.24, 2.45) is 10.2 Å². The number of carbonyl (C=O) groups excluding carboxylic acids is 2. The van der Waals surface area contributed by atoms with Crippen LogP contribution in [0, 0.1) is 6.92 Å². The van der Waals surface area contributed by atoms with Gasteiger partial charge in [-0.05, 0) is 70.7 Å². The molecule has 1 saturated heterocycles. The molecule has 1 atom stereocenters. The third-order valence-corrected chi connectivity index (χ3v) is 7.19. The molecule has 196 valence electrons. The second-order valence-corrected chi connectivity index (χ2v) is 10.4. The van der Waals surface area contributed by atoms with Gasteiger partial charge in [0.1, 0.15) is 11.9 Å². The van der Waals surface area contributed by atoms with E-state index in [-0.39, 0.29) is 18.2 Å². The van der Waals surface area contributed by atoms with Crippen molar-refractivity contribution in [1.29, 1.82) is 0 Å². The van der Waals surface area contributed by atoms with Gasteiger partial charge in [0.25, 0.3) is 0 Å². The molecule has 0 spiro atoms. The van der Waals surface area contributed by atoms with Gasteiger partial charge in [-0.1, -0.05) is 54.2 Å². The average Bonchev–Trinajstić information content (AvgIpc) is 3.23. The standard InChI is InChI=1S/C28H27BrN4O4S/c1-3-36-23-14-19(13-22(29)26(23)37-17-20-10-8-7-9-18(20)2)16-30-33-28-32-27(35)24(38-28)15-25(34)31-21-11-5-4-6-12-21/h4-14,16,24H,3,15,17H2,1-2H3,(H,31,34)(H,32,33,35)/b30-16-/t24-/m0/s1. The Labute approximate surface area is 234 Å². The Balaban J connectivity index is 1.39. The van der Waals surface area contributed by atoms with Gasteiger partial charge < -0.3 is 20.1 Å². The average molecular weight is 596 g/mol. The molecule has 10 heteroatoms. The smallest absolute Gasteiger partial charge is 0.240 e. The van der Waals surface area contributed by atoms with E-state index in [0.717, 1.165) is 21.2 Å². The van der Waals surface area contributed by atoms with Crippen molar-refractivity contribution in [1.82, 2.24) is 5.32 Å². The molecule has 0 saturated carbocycles. The van der Waals surface area contributed by atoms with E-state index >= 15 is 0 Å². The van der Waals surface area contributed by atoms with Crippen LogP contribution >= 0.6 is 27.7 Å². The van der Waals surface area contributed by atoms with Gasteiger partial charge in [0.2, 0.25) is 11.8 Å². The Bertz CT molecular complexity index is 1360. The van der Waals surface area contributed by atoms with Crippen LogP contribution in [0.15, 0.2) is 81.4 Å². The molecular weight excluding hydrogens is 568 g/mol. The number of ether oxygens (including phenoxy) is 2. The molecular formula is C28H27BrN4O4S. The molecule has 38 heavy (non-hydrogen) atoms. The minimum atomic E-state index is -0.573. The number of rotatable bonds is 10. The first kappa shape index (κ1) is 27.4. The van der Waals surface area contributed by atoms with Crippen LogP contribution in [0.3, 0.4) is 0 Å². The topological polar surface area (TPSA) is 101 Å². The summed E-state index contributed by atoms with van der Waals surface area (Å²) in [6, 6.07) is 20.8. The molecule has 1 aliphatic rings. The van der Waals surface area contributed by atoms with Gasteiger partial charge in [-0.25, -0.2) is 0 Å². The first-order chi connectivity index (χ1) is 18.4. The van der Waals surface area contributed by atoms with Crippen molar-refractivity contribution in [3.8, 4) is 11.5 Å². The first-order valence-electron chi connectivity index (χ1n) is 12.0. The lowest BCUT2D eigenvalue weighted by molar-refractivity contribution is -0.122. The van der Waals surface area contributed by atoms with Crippen LogP contribution in [0.1, 0.15) is 30.0 Å². The summed E-state index contributed by atoms with van der Waals surface area (Å²) in [5.74, 6) is 0.668. The third kappa shape index (κ3) is 7.45. The molecule has 2 N–H and O–H groups in total. The minimum absolute atomic E-state index is 0.0305. The van der Waals surface area contributed by atoms with Gasteiger partial charge in [-0.15, -0.1) is 5.10 Å². The predicted molar refractivity (Wildman–Crippen MR) is 155 cm³/mol. The lowest BCUT2D eigenvalue weighted by Gasteiger charge is -2.15. The zero-order chi connectivity index (χ0) is 26.9. The summed E-state index contributed by atoms with van der Waals surface area (Å²) >= 11 is 4.76. The van der Waals surface area contributed by atoms with E-state index < -0.39 is 5.25 Å². The van der Waals surface area contributed by atoms with Crippen LogP contribution in [0.2, 0.25) is 0 Å². The number of amidine groups is 1. The van der Waals surface area contributed by atoms with Crippen molar-refractivity contribution in [2.75, 3.05) is 11.9 Å². The molecule has 0 radical (unpaired) electrons. The summed E-state index contributed by atoms with van der Waals surface area (Å²) < 4.78 is 12.6. The second-order valence-electron chi connectivity index (χ2n) is 8.34. The maximum atomic E-state index is 12.3. The molecule has 1 heterocycles. The largest absolute Gasteiger partial charge is 0.490 e. The van der Waals surface area contributed by atoms with Crippen molar-refractivity contribution < 1.29 is 19.1 Å². The maximum Gasteiger partial charge on any atom is 0.240 e. The minimum Gasteiger partial charge on any atom is -0.490 e. The number of hydrogen-bond acceptors (Lipinski definition) is 7. The zero-order valence-electron chi connectivity index (χ0n) is 20.9. The van der Waals surface area contributed by atoms with E-state index in [1.165, 1.54) is 11.8 Å². The number of anilines is 1. The summed E-state index contributed by atoms with van der Waals surface area (Å²) in [6.45, 7) is 4.83. The highest BCUT2D eigenvalue weighted by Gasteiger charge is 2.32. The molecule has 8 nitrogen and oxygen atoms in total. The van der Waals surface area contributed by atoms with Crippen LogP contribution in [-0.4, -0.2) is 35.1 Å². The number of para-hydroxylation sites is 1. The van der Waals surface area contributed by atoms with E-state index in [1.54, 1.807) is 18.3 Å². The van der Waals surface area contributed by atoms with Gasteiger partial charge in [-0.2, -0.15) is 5.10 Å². The molecule has 0 unspecified atom stereocenters. The molecule has 3 aromatic carbocycles. The molecule has 4 rings (SSSR count). The Kier molecular flexibility index (Phi) is 9.56. The Morgan fingerprint density at radius 1 is 1.13 bits per heavy atom. The van der Waals surface area contributed by atoms with Crippen LogP contribution in [-0.2, 0) is 16.2 Å². The summed E-state index contributed by atoms with van der Waals surface area (Å²) in [5.41, 5.74) is 3.67. The number of carbonyl (C=O) groups is 2. The predicted octanol–water partition coefficient (Wildman–Crippen LogP) is 5.69. The highest BCUT2D eigenvalue weighted by atomic mass is 79.9. The summed E-state index contributed by atoms with van der Waals surface area (Å²) in [4.78, 5) is 24.6. The summed E-state index contributed by atoms with van der Waals surface area (Å²) in [6.07, 6.45) is 1.59. The lowest BCUT2D eigenvalue weighted by Crippen LogP contribution is -2.28. The molecule has 3 aromatic rings. The SMILES string of the molecule is CCOc1cc(/C=N\N=C2\NC(=O)[C@H](CC(=O)Nc3ccccc3)S2)cc(Br)c1OCc1ccccc1C. The fourth-order valence-corrected chi connectivity index (χ4v) is 5.12. The molecule has 1 aliphatic heterocycles. The second kappa shape index (κ2) is 13.3. The van der Waals surface area contributed by atoms with Crippen LogP contribution in [0.5, 0.6) is 11.5 Å². The van der Waals surface area contributed by atoms with E-state index in [2.05, 4.69) is 36.8 Å². The van der Waals surface area contributed by atoms with Gasteiger partial charge in [0.15, 0.2) is 16.7 Å². The lowest BCUT2D eigenvalue weighted by atomic mass is 10.1. The number of hydrogen-bond donors (Lipinski definition) is 2. The van der Waals surface area contributed by atoms with E-state index in [9.17, 15) is 9.59 Å². The molecule has 1 fully saturated rings. The van der Waals surface area contributed by atoms with Crippen LogP contribution in [0.25, 0.3) is 0 Å². The van der Waals surface area contributed by atoms with E-state index in [0.29, 0.717) is 35.6 Å². The molecule has 2 amide bonds. The monoisotopic (exact) mass is 594 g/mol. The first-order valence-corrected chi connectivity index (χ1v) is 13.7. The highest BCUT2D eigenvalue weighted by Crippen LogP contribution is 2.37. The fourth-order valence-electron chi connectivity index (χ4n) is 3.62.